The number of rotatable bonds is 7. The van der Waals surface area contributed by atoms with Crippen LogP contribution in [-0.4, -0.2) is 37.0 Å². The normalized spacial score (nSPS) is 14.9. The number of hydrogen-bond donors (Lipinski definition) is 1. The van der Waals surface area contributed by atoms with Gasteiger partial charge in [-0.2, -0.15) is 0 Å². The lowest BCUT2D eigenvalue weighted by Gasteiger charge is -2.29. The highest BCUT2D eigenvalue weighted by Crippen LogP contribution is 2.26. The predicted octanol–water partition coefficient (Wildman–Crippen LogP) is 4.16. The van der Waals surface area contributed by atoms with Gasteiger partial charge in [-0.15, -0.1) is 6.42 Å². The van der Waals surface area contributed by atoms with Crippen molar-refractivity contribution in [2.45, 2.75) is 19.8 Å². The molecule has 2 aromatic carbocycles. The summed E-state index contributed by atoms with van der Waals surface area (Å²) in [6, 6.07) is 14.9. The molecular weight excluding hydrogens is 352 g/mol. The van der Waals surface area contributed by atoms with E-state index in [-0.39, 0.29) is 11.8 Å². The Kier molecular flexibility index (Phi) is 6.94. The van der Waals surface area contributed by atoms with Gasteiger partial charge in [-0.3, -0.25) is 9.69 Å². The highest BCUT2D eigenvalue weighted by atomic mass is 16.5. The monoisotopic (exact) mass is 378 g/mol. The van der Waals surface area contributed by atoms with Crippen molar-refractivity contribution in [2.75, 3.05) is 31.6 Å². The molecule has 0 saturated carbocycles. The van der Waals surface area contributed by atoms with Crippen molar-refractivity contribution < 1.29 is 14.3 Å². The third-order valence-corrected chi connectivity index (χ3v) is 4.77. The number of amides is 1. The minimum Gasteiger partial charge on any atom is -0.494 e. The van der Waals surface area contributed by atoms with E-state index >= 15 is 0 Å². The second-order valence-corrected chi connectivity index (χ2v) is 6.77. The fourth-order valence-corrected chi connectivity index (χ4v) is 3.24. The third kappa shape index (κ3) is 5.51. The van der Waals surface area contributed by atoms with Crippen molar-refractivity contribution in [2.24, 2.45) is 5.92 Å². The first-order chi connectivity index (χ1) is 13.7. The van der Waals surface area contributed by atoms with Crippen molar-refractivity contribution in [1.29, 1.82) is 0 Å². The quantitative estimate of drug-likeness (QED) is 0.735. The SMILES string of the molecule is C#CCN1CCC(C(=O)Nc2ccc(Oc3ccc(OCC)cc3)cc2)CC1. The van der Waals surface area contributed by atoms with Gasteiger partial charge in [-0.25, -0.2) is 0 Å². The average Bonchev–Trinajstić information content (AvgIpc) is 2.72. The Labute approximate surface area is 166 Å². The number of benzene rings is 2. The van der Waals surface area contributed by atoms with Crippen LogP contribution in [0.1, 0.15) is 19.8 Å². The lowest BCUT2D eigenvalue weighted by Crippen LogP contribution is -2.38. The Bertz CT molecular complexity index is 801. The van der Waals surface area contributed by atoms with Gasteiger partial charge in [-0.1, -0.05) is 5.92 Å². The largest absolute Gasteiger partial charge is 0.494 e. The Morgan fingerprint density at radius 3 is 2.21 bits per heavy atom. The molecule has 0 radical (unpaired) electrons. The van der Waals surface area contributed by atoms with E-state index in [0.29, 0.717) is 18.9 Å². The molecule has 1 N–H and O–H groups in total. The Morgan fingerprint density at radius 2 is 1.64 bits per heavy atom. The number of nitrogens with one attached hydrogen (secondary N) is 1. The predicted molar refractivity (Wildman–Crippen MR) is 111 cm³/mol. The van der Waals surface area contributed by atoms with Gasteiger partial charge in [0.15, 0.2) is 0 Å². The Balaban J connectivity index is 1.50. The molecule has 146 valence electrons. The summed E-state index contributed by atoms with van der Waals surface area (Å²) in [7, 11) is 0. The molecule has 1 saturated heterocycles. The first-order valence-electron chi connectivity index (χ1n) is 9.65. The maximum absolute atomic E-state index is 12.5. The highest BCUT2D eigenvalue weighted by molar-refractivity contribution is 5.92. The third-order valence-electron chi connectivity index (χ3n) is 4.77. The van der Waals surface area contributed by atoms with E-state index in [1.807, 2.05) is 55.5 Å². The molecule has 0 aliphatic carbocycles. The maximum Gasteiger partial charge on any atom is 0.227 e. The topological polar surface area (TPSA) is 50.8 Å². The molecule has 1 fully saturated rings. The van der Waals surface area contributed by atoms with Crippen LogP contribution in [0, 0.1) is 18.3 Å². The van der Waals surface area contributed by atoms with Crippen LogP contribution in [-0.2, 0) is 4.79 Å². The van der Waals surface area contributed by atoms with Crippen LogP contribution >= 0.6 is 0 Å². The Hall–Kier alpha value is -2.97. The molecular formula is C23H26N2O3. The zero-order valence-electron chi connectivity index (χ0n) is 16.2. The van der Waals surface area contributed by atoms with E-state index in [9.17, 15) is 4.79 Å². The van der Waals surface area contributed by atoms with E-state index in [1.165, 1.54) is 0 Å². The lowest BCUT2D eigenvalue weighted by molar-refractivity contribution is -0.121. The second kappa shape index (κ2) is 9.82. The van der Waals surface area contributed by atoms with Gasteiger partial charge in [0.2, 0.25) is 5.91 Å². The van der Waals surface area contributed by atoms with Crippen LogP contribution in [0.5, 0.6) is 17.2 Å². The molecule has 0 unspecified atom stereocenters. The summed E-state index contributed by atoms with van der Waals surface area (Å²) >= 11 is 0. The second-order valence-electron chi connectivity index (χ2n) is 6.77. The minimum absolute atomic E-state index is 0.0359. The minimum atomic E-state index is 0.0359. The van der Waals surface area contributed by atoms with Gasteiger partial charge in [-0.05, 0) is 81.4 Å². The van der Waals surface area contributed by atoms with Crippen LogP contribution in [0.3, 0.4) is 0 Å². The van der Waals surface area contributed by atoms with E-state index < -0.39 is 0 Å². The molecule has 1 aliphatic rings. The molecule has 1 aliphatic heterocycles. The number of terminal acetylenes is 1. The highest BCUT2D eigenvalue weighted by Gasteiger charge is 2.24. The molecule has 1 heterocycles. The van der Waals surface area contributed by atoms with Gasteiger partial charge < -0.3 is 14.8 Å². The molecule has 5 heteroatoms. The standard InChI is InChI=1S/C23H26N2O3/c1-3-15-25-16-13-18(14-17-25)23(26)24-19-5-7-21(8-6-19)28-22-11-9-20(10-12-22)27-4-2/h1,5-12,18H,4,13-17H2,2H3,(H,24,26). The summed E-state index contributed by atoms with van der Waals surface area (Å²) in [5.41, 5.74) is 0.773. The number of hydrogen-bond acceptors (Lipinski definition) is 4. The van der Waals surface area contributed by atoms with Crippen molar-refractivity contribution >= 4 is 11.6 Å². The van der Waals surface area contributed by atoms with E-state index in [1.54, 1.807) is 0 Å². The number of carbonyl (C=O) groups excluding carboxylic acids is 1. The summed E-state index contributed by atoms with van der Waals surface area (Å²) in [4.78, 5) is 14.7. The van der Waals surface area contributed by atoms with Crippen LogP contribution < -0.4 is 14.8 Å². The van der Waals surface area contributed by atoms with Crippen molar-refractivity contribution in [3.63, 3.8) is 0 Å². The first kappa shape index (κ1) is 19.8. The van der Waals surface area contributed by atoms with Crippen molar-refractivity contribution in [3.05, 3.63) is 48.5 Å². The number of likely N-dealkylation sites (tertiary alicyclic amines) is 1. The number of nitrogens with zero attached hydrogens (tertiary/aromatic N) is 1. The van der Waals surface area contributed by atoms with Gasteiger partial charge in [0.25, 0.3) is 0 Å². The van der Waals surface area contributed by atoms with Crippen LogP contribution in [0.15, 0.2) is 48.5 Å². The fraction of sp³-hybridized carbons (Fsp3) is 0.348. The molecule has 0 atom stereocenters. The summed E-state index contributed by atoms with van der Waals surface area (Å²) in [6.45, 7) is 4.99. The van der Waals surface area contributed by atoms with E-state index in [2.05, 4.69) is 16.1 Å². The zero-order valence-corrected chi connectivity index (χ0v) is 16.2. The molecule has 3 rings (SSSR count). The molecule has 5 nitrogen and oxygen atoms in total. The lowest BCUT2D eigenvalue weighted by atomic mass is 9.96. The summed E-state index contributed by atoms with van der Waals surface area (Å²) in [5, 5.41) is 3.00. The summed E-state index contributed by atoms with van der Waals surface area (Å²) in [5.74, 6) is 5.03. The van der Waals surface area contributed by atoms with Gasteiger partial charge in [0.05, 0.1) is 13.2 Å². The smallest absolute Gasteiger partial charge is 0.227 e. The van der Waals surface area contributed by atoms with Crippen LogP contribution in [0.2, 0.25) is 0 Å². The van der Waals surface area contributed by atoms with E-state index in [4.69, 9.17) is 15.9 Å². The van der Waals surface area contributed by atoms with E-state index in [0.717, 1.165) is 43.1 Å². The zero-order chi connectivity index (χ0) is 19.8. The Morgan fingerprint density at radius 1 is 1.07 bits per heavy atom. The molecule has 0 bridgehead atoms. The maximum atomic E-state index is 12.5. The molecule has 1 amide bonds. The summed E-state index contributed by atoms with van der Waals surface area (Å²) in [6.07, 6.45) is 7.03. The fourth-order valence-electron chi connectivity index (χ4n) is 3.24. The molecule has 2 aromatic rings. The molecule has 0 aromatic heterocycles. The number of anilines is 1. The van der Waals surface area contributed by atoms with Gasteiger partial charge >= 0.3 is 0 Å². The van der Waals surface area contributed by atoms with Crippen LogP contribution in [0.25, 0.3) is 0 Å². The van der Waals surface area contributed by atoms with Crippen LogP contribution in [0.4, 0.5) is 5.69 Å². The number of piperidine rings is 1. The number of carbonyl (C=O) groups is 1. The van der Waals surface area contributed by atoms with Gasteiger partial charge in [0.1, 0.15) is 17.2 Å². The summed E-state index contributed by atoms with van der Waals surface area (Å²) < 4.78 is 11.3. The molecule has 0 spiro atoms. The van der Waals surface area contributed by atoms with Gasteiger partial charge in [0, 0.05) is 11.6 Å². The first-order valence-corrected chi connectivity index (χ1v) is 9.65. The molecule has 28 heavy (non-hydrogen) atoms. The van der Waals surface area contributed by atoms with Crippen molar-refractivity contribution in [1.82, 2.24) is 4.90 Å². The average molecular weight is 378 g/mol. The van der Waals surface area contributed by atoms with Crippen molar-refractivity contribution in [3.8, 4) is 29.6 Å². The number of ether oxygens (including phenoxy) is 2.